The Balaban J connectivity index is 1.51. The first-order valence-corrected chi connectivity index (χ1v) is 15.9. The summed E-state index contributed by atoms with van der Waals surface area (Å²) < 4.78 is 17.1. The van der Waals surface area contributed by atoms with Crippen LogP contribution in [0.3, 0.4) is 0 Å². The van der Waals surface area contributed by atoms with Crippen LogP contribution in [0.5, 0.6) is 17.2 Å². The van der Waals surface area contributed by atoms with Gasteiger partial charge in [0.15, 0.2) is 24.0 Å². The van der Waals surface area contributed by atoms with Gasteiger partial charge in [0.05, 0.1) is 48.7 Å². The van der Waals surface area contributed by atoms with Crippen LogP contribution in [0.1, 0.15) is 68.8 Å². The molecule has 278 valence electrons. The van der Waals surface area contributed by atoms with Gasteiger partial charge in [-0.25, -0.2) is 0 Å². The van der Waals surface area contributed by atoms with E-state index in [2.05, 4.69) is 5.32 Å². The van der Waals surface area contributed by atoms with E-state index in [-0.39, 0.29) is 28.0 Å². The number of benzene rings is 2. The van der Waals surface area contributed by atoms with Crippen LogP contribution in [-0.2, 0) is 25.5 Å². The standard InChI is InChI=1S/C33H39NO17/c1-11-24(39)14(34-32(47)31(46)30(45)27(42)15(37)9-35)6-19(50-11)51-17-8-33(48,18(38)10-36)7-13-21(17)29(44)23-22(26(13)41)25(40)12-4-3-5-16(49-2)20(12)28(23)43/h3-5,11,14-15,17,19,24,27,30-31,35-37,39,41-42,44-46,48H,6-10H2,1-2H3,(H,34,47)/t11?,14?,15-,17+,19?,24?,27-,30+,31-,33+/m1/s1. The number of fused-ring (bicyclic) bond motifs is 3. The summed E-state index contributed by atoms with van der Waals surface area (Å²) in [6, 6.07) is 2.89. The summed E-state index contributed by atoms with van der Waals surface area (Å²) in [5.74, 6) is -5.79. The zero-order chi connectivity index (χ0) is 37.7. The fraction of sp³-hybridized carbons (Fsp3) is 0.515. The summed E-state index contributed by atoms with van der Waals surface area (Å²) in [5, 5.41) is 106. The molecular formula is C33H39NO17. The van der Waals surface area contributed by atoms with Gasteiger partial charge in [0.25, 0.3) is 5.91 Å². The number of Topliss-reactive ketones (excluding diaryl/α,β-unsaturated/α-hetero) is 1. The third-order valence-corrected chi connectivity index (χ3v) is 9.61. The highest BCUT2D eigenvalue weighted by Gasteiger charge is 2.50. The van der Waals surface area contributed by atoms with E-state index in [4.69, 9.17) is 19.3 Å². The van der Waals surface area contributed by atoms with Gasteiger partial charge in [-0.1, -0.05) is 12.1 Å². The Morgan fingerprint density at radius 3 is 2.31 bits per heavy atom. The second kappa shape index (κ2) is 14.5. The van der Waals surface area contributed by atoms with Crippen molar-refractivity contribution in [3.8, 4) is 17.2 Å². The van der Waals surface area contributed by atoms with E-state index >= 15 is 0 Å². The predicted molar refractivity (Wildman–Crippen MR) is 167 cm³/mol. The molecule has 4 unspecified atom stereocenters. The minimum atomic E-state index is -2.43. The van der Waals surface area contributed by atoms with Gasteiger partial charge < -0.3 is 70.6 Å². The number of nitrogens with one attached hydrogen (secondary N) is 1. The number of aliphatic hydroxyl groups is 8. The van der Waals surface area contributed by atoms with Crippen LogP contribution in [0.2, 0.25) is 0 Å². The minimum absolute atomic E-state index is 0.0109. The summed E-state index contributed by atoms with van der Waals surface area (Å²) >= 11 is 0. The molecule has 2 aromatic rings. The molecule has 18 nitrogen and oxygen atoms in total. The summed E-state index contributed by atoms with van der Waals surface area (Å²) in [6.45, 7) is -0.759. The molecule has 2 aromatic carbocycles. The van der Waals surface area contributed by atoms with Gasteiger partial charge >= 0.3 is 0 Å². The number of rotatable bonds is 11. The van der Waals surface area contributed by atoms with Crippen LogP contribution in [0, 0.1) is 0 Å². The molecule has 18 heteroatoms. The van der Waals surface area contributed by atoms with Crippen LogP contribution >= 0.6 is 0 Å². The zero-order valence-corrected chi connectivity index (χ0v) is 27.3. The van der Waals surface area contributed by atoms with Crippen molar-refractivity contribution < 1.29 is 84.5 Å². The molecule has 0 spiro atoms. The Labute approximate surface area is 289 Å². The molecule has 1 heterocycles. The second-order valence-corrected chi connectivity index (χ2v) is 12.8. The van der Waals surface area contributed by atoms with Crippen LogP contribution in [0.15, 0.2) is 18.2 Å². The molecule has 2 aliphatic carbocycles. The van der Waals surface area contributed by atoms with Crippen molar-refractivity contribution in [1.29, 1.82) is 0 Å². The molecule has 51 heavy (non-hydrogen) atoms. The second-order valence-electron chi connectivity index (χ2n) is 12.8. The number of phenols is 2. The Kier molecular flexibility index (Phi) is 10.9. The molecular weight excluding hydrogens is 682 g/mol. The summed E-state index contributed by atoms with van der Waals surface area (Å²) in [4.78, 5) is 53.1. The van der Waals surface area contributed by atoms with Crippen LogP contribution < -0.4 is 10.1 Å². The quantitative estimate of drug-likeness (QED) is 0.0860. The largest absolute Gasteiger partial charge is 0.507 e. The number of amides is 1. The lowest BCUT2D eigenvalue weighted by Gasteiger charge is -2.43. The maximum absolute atomic E-state index is 13.8. The van der Waals surface area contributed by atoms with Gasteiger partial charge in [-0.05, 0) is 13.0 Å². The molecule has 1 amide bonds. The fourth-order valence-corrected chi connectivity index (χ4v) is 6.80. The van der Waals surface area contributed by atoms with Gasteiger partial charge in [0, 0.05) is 36.0 Å². The highest BCUT2D eigenvalue weighted by Crippen LogP contribution is 2.52. The highest BCUT2D eigenvalue weighted by atomic mass is 16.7. The molecule has 0 radical (unpaired) electrons. The minimum Gasteiger partial charge on any atom is -0.507 e. The normalized spacial score (nSPS) is 28.1. The molecule has 10 atom stereocenters. The van der Waals surface area contributed by atoms with Gasteiger partial charge in [-0.2, -0.15) is 0 Å². The number of aliphatic hydroxyl groups excluding tert-OH is 7. The fourth-order valence-electron chi connectivity index (χ4n) is 6.80. The Morgan fingerprint density at radius 2 is 1.69 bits per heavy atom. The Hall–Kier alpha value is -4.08. The molecule has 5 rings (SSSR count). The summed E-state index contributed by atoms with van der Waals surface area (Å²) in [7, 11) is 1.27. The van der Waals surface area contributed by atoms with Crippen molar-refractivity contribution in [2.75, 3.05) is 20.3 Å². The van der Waals surface area contributed by atoms with E-state index < -0.39 is 139 Å². The van der Waals surface area contributed by atoms with E-state index in [1.54, 1.807) is 0 Å². The lowest BCUT2D eigenvalue weighted by molar-refractivity contribution is -0.249. The van der Waals surface area contributed by atoms with Gasteiger partial charge in [-0.3, -0.25) is 19.2 Å². The number of aromatic hydroxyl groups is 2. The average Bonchev–Trinajstić information content (AvgIpc) is 3.11. The first-order valence-electron chi connectivity index (χ1n) is 15.9. The lowest BCUT2D eigenvalue weighted by Crippen LogP contribution is -2.59. The molecule has 1 aliphatic heterocycles. The highest BCUT2D eigenvalue weighted by molar-refractivity contribution is 6.31. The van der Waals surface area contributed by atoms with E-state index in [0.717, 1.165) is 0 Å². The van der Waals surface area contributed by atoms with Crippen molar-refractivity contribution in [3.63, 3.8) is 0 Å². The average molecular weight is 722 g/mol. The maximum atomic E-state index is 13.8. The third kappa shape index (κ3) is 6.59. The Bertz CT molecular complexity index is 1730. The Morgan fingerprint density at radius 1 is 1.02 bits per heavy atom. The molecule has 0 aromatic heterocycles. The summed E-state index contributed by atoms with van der Waals surface area (Å²) in [6.07, 6.45) is -16.0. The first kappa shape index (κ1) is 38.2. The summed E-state index contributed by atoms with van der Waals surface area (Å²) in [5.41, 5.74) is -4.58. The van der Waals surface area contributed by atoms with Gasteiger partial charge in [-0.15, -0.1) is 0 Å². The number of hydrogen-bond acceptors (Lipinski definition) is 17. The molecule has 0 saturated carbocycles. The smallest absolute Gasteiger partial charge is 0.251 e. The monoisotopic (exact) mass is 721 g/mol. The predicted octanol–water partition coefficient (Wildman–Crippen LogP) is -3.41. The van der Waals surface area contributed by atoms with E-state index in [1.165, 1.54) is 32.2 Å². The van der Waals surface area contributed by atoms with Crippen molar-refractivity contribution in [2.45, 2.75) is 86.8 Å². The van der Waals surface area contributed by atoms with Gasteiger partial charge in [0.2, 0.25) is 5.78 Å². The molecule has 1 saturated heterocycles. The topological polar surface area (TPSA) is 310 Å². The number of carbonyl (C=O) groups excluding carboxylic acids is 4. The van der Waals surface area contributed by atoms with E-state index in [9.17, 15) is 65.1 Å². The van der Waals surface area contributed by atoms with Crippen molar-refractivity contribution in [2.24, 2.45) is 0 Å². The molecule has 3 aliphatic rings. The van der Waals surface area contributed by atoms with E-state index in [1.807, 2.05) is 0 Å². The third-order valence-electron chi connectivity index (χ3n) is 9.61. The van der Waals surface area contributed by atoms with Crippen molar-refractivity contribution in [1.82, 2.24) is 5.32 Å². The number of phenolic OH excluding ortho intramolecular Hbond substituents is 2. The van der Waals surface area contributed by atoms with Gasteiger partial charge in [0.1, 0.15) is 53.9 Å². The van der Waals surface area contributed by atoms with E-state index in [0.29, 0.717) is 0 Å². The molecule has 0 bridgehead atoms. The van der Waals surface area contributed by atoms with Crippen molar-refractivity contribution >= 4 is 23.3 Å². The number of methoxy groups -OCH3 is 1. The lowest BCUT2D eigenvalue weighted by atomic mass is 9.72. The number of ether oxygens (including phenoxy) is 3. The number of hydrogen-bond donors (Lipinski definition) is 11. The molecule has 1 fully saturated rings. The number of carbonyl (C=O) groups is 4. The van der Waals surface area contributed by atoms with Crippen LogP contribution in [-0.4, -0.2) is 149 Å². The van der Waals surface area contributed by atoms with Crippen molar-refractivity contribution in [3.05, 3.63) is 51.6 Å². The first-order chi connectivity index (χ1) is 24.0. The van der Waals surface area contributed by atoms with Crippen LogP contribution in [0.4, 0.5) is 0 Å². The maximum Gasteiger partial charge on any atom is 0.251 e. The zero-order valence-electron chi connectivity index (χ0n) is 27.3. The number of ketones is 3. The SMILES string of the molecule is COc1cccc2c1C(=O)c1c(O)c3c(c(O)c1C2=O)C[C@@](O)(C(=O)CO)C[C@@H]3OC1CC(NC(=O)[C@H](O)[C@@H](O)[C@H](O)[C@H](O)CO)C(O)C(C)O1. The molecule has 11 N–H and O–H groups in total. The van der Waals surface area contributed by atoms with Crippen LogP contribution in [0.25, 0.3) is 0 Å².